The van der Waals surface area contributed by atoms with Gasteiger partial charge in [0.15, 0.2) is 0 Å². The SMILES string of the molecule is CCOC(=O)c1c(N2CCN(C)CC2)c2cc(C)ccc2n(-c2ccccc2)c1=O. The predicted molar refractivity (Wildman–Crippen MR) is 120 cm³/mol. The highest BCUT2D eigenvalue weighted by Gasteiger charge is 2.29. The minimum absolute atomic E-state index is 0.114. The summed E-state index contributed by atoms with van der Waals surface area (Å²) in [4.78, 5) is 31.2. The van der Waals surface area contributed by atoms with Crippen LogP contribution in [-0.2, 0) is 4.74 Å². The highest BCUT2D eigenvalue weighted by molar-refractivity contribution is 6.06. The molecule has 0 aliphatic carbocycles. The molecule has 1 aliphatic heterocycles. The third-order valence-electron chi connectivity index (χ3n) is 5.62. The minimum Gasteiger partial charge on any atom is -0.462 e. The number of aryl methyl sites for hydroxylation is 1. The number of carbonyl (C=O) groups is 1. The van der Waals surface area contributed by atoms with Crippen LogP contribution < -0.4 is 10.5 Å². The molecule has 0 atom stereocenters. The Morgan fingerprint density at radius 3 is 2.40 bits per heavy atom. The van der Waals surface area contributed by atoms with E-state index in [1.54, 1.807) is 11.5 Å². The summed E-state index contributed by atoms with van der Waals surface area (Å²) in [6.07, 6.45) is 0. The Balaban J connectivity index is 2.08. The van der Waals surface area contributed by atoms with Crippen LogP contribution in [0.15, 0.2) is 53.3 Å². The molecule has 0 spiro atoms. The highest BCUT2D eigenvalue weighted by atomic mass is 16.5. The van der Waals surface area contributed by atoms with E-state index in [2.05, 4.69) is 22.9 Å². The smallest absolute Gasteiger partial charge is 0.345 e. The maximum absolute atomic E-state index is 13.7. The van der Waals surface area contributed by atoms with Crippen LogP contribution in [0.3, 0.4) is 0 Å². The molecule has 2 heterocycles. The topological polar surface area (TPSA) is 54.8 Å². The van der Waals surface area contributed by atoms with Gasteiger partial charge in [-0.05, 0) is 45.2 Å². The van der Waals surface area contributed by atoms with Gasteiger partial charge in [0, 0.05) is 37.3 Å². The van der Waals surface area contributed by atoms with E-state index in [1.165, 1.54) is 0 Å². The maximum Gasteiger partial charge on any atom is 0.345 e. The van der Waals surface area contributed by atoms with Gasteiger partial charge in [0.05, 0.1) is 17.8 Å². The summed E-state index contributed by atoms with van der Waals surface area (Å²) < 4.78 is 6.97. The zero-order valence-electron chi connectivity index (χ0n) is 17.7. The molecule has 0 N–H and O–H groups in total. The molecule has 2 aromatic carbocycles. The average Bonchev–Trinajstić information content (AvgIpc) is 2.74. The number of benzene rings is 2. The second kappa shape index (κ2) is 8.32. The number of hydrogen-bond acceptors (Lipinski definition) is 5. The van der Waals surface area contributed by atoms with Gasteiger partial charge in [0.25, 0.3) is 5.56 Å². The zero-order chi connectivity index (χ0) is 21.3. The van der Waals surface area contributed by atoms with E-state index in [4.69, 9.17) is 4.74 Å². The normalized spacial score (nSPS) is 14.8. The second-order valence-corrected chi connectivity index (χ2v) is 7.73. The molecule has 0 radical (unpaired) electrons. The van der Waals surface area contributed by atoms with Crippen LogP contribution in [-0.4, -0.2) is 55.3 Å². The Morgan fingerprint density at radius 1 is 1.03 bits per heavy atom. The number of carbonyl (C=O) groups excluding carboxylic acids is 1. The van der Waals surface area contributed by atoms with Crippen molar-refractivity contribution >= 4 is 22.6 Å². The number of esters is 1. The zero-order valence-corrected chi connectivity index (χ0v) is 17.7. The van der Waals surface area contributed by atoms with Gasteiger partial charge in [0.1, 0.15) is 5.56 Å². The third kappa shape index (κ3) is 3.59. The average molecular weight is 405 g/mol. The summed E-state index contributed by atoms with van der Waals surface area (Å²) in [6.45, 7) is 7.25. The molecule has 6 nitrogen and oxygen atoms in total. The maximum atomic E-state index is 13.7. The number of para-hydroxylation sites is 1. The van der Waals surface area contributed by atoms with Crippen molar-refractivity contribution < 1.29 is 9.53 Å². The van der Waals surface area contributed by atoms with Crippen LogP contribution in [0.1, 0.15) is 22.8 Å². The summed E-state index contributed by atoms with van der Waals surface area (Å²) in [6, 6.07) is 15.5. The molecule has 0 amide bonds. The number of anilines is 1. The van der Waals surface area contributed by atoms with Gasteiger partial charge in [-0.25, -0.2) is 4.79 Å². The number of aromatic nitrogens is 1. The van der Waals surface area contributed by atoms with E-state index in [1.807, 2.05) is 49.4 Å². The largest absolute Gasteiger partial charge is 0.462 e. The fraction of sp³-hybridized carbons (Fsp3) is 0.333. The monoisotopic (exact) mass is 405 g/mol. The van der Waals surface area contributed by atoms with Crippen LogP contribution in [0.4, 0.5) is 5.69 Å². The predicted octanol–water partition coefficient (Wildman–Crippen LogP) is 3.23. The van der Waals surface area contributed by atoms with Crippen LogP contribution in [0.5, 0.6) is 0 Å². The molecule has 0 bridgehead atoms. The molecule has 1 fully saturated rings. The Hall–Kier alpha value is -3.12. The van der Waals surface area contributed by atoms with Crippen LogP contribution in [0.25, 0.3) is 16.6 Å². The van der Waals surface area contributed by atoms with Crippen molar-refractivity contribution in [3.63, 3.8) is 0 Å². The molecule has 6 heteroatoms. The van der Waals surface area contributed by atoms with Crippen molar-refractivity contribution in [1.82, 2.24) is 9.47 Å². The first-order valence-corrected chi connectivity index (χ1v) is 10.4. The Kier molecular flexibility index (Phi) is 5.59. The van der Waals surface area contributed by atoms with Crippen LogP contribution in [0.2, 0.25) is 0 Å². The molecule has 3 aromatic rings. The molecule has 1 aliphatic rings. The lowest BCUT2D eigenvalue weighted by Gasteiger charge is -2.35. The fourth-order valence-electron chi connectivity index (χ4n) is 4.07. The number of rotatable bonds is 4. The second-order valence-electron chi connectivity index (χ2n) is 7.73. The number of hydrogen-bond donors (Lipinski definition) is 0. The van der Waals surface area contributed by atoms with E-state index < -0.39 is 5.97 Å². The molecule has 156 valence electrons. The fourth-order valence-corrected chi connectivity index (χ4v) is 4.07. The van der Waals surface area contributed by atoms with Gasteiger partial charge in [-0.15, -0.1) is 0 Å². The Bertz CT molecular complexity index is 1130. The van der Waals surface area contributed by atoms with Gasteiger partial charge in [-0.1, -0.05) is 29.8 Å². The first-order chi connectivity index (χ1) is 14.5. The lowest BCUT2D eigenvalue weighted by molar-refractivity contribution is 0.0524. The number of ether oxygens (including phenoxy) is 1. The van der Waals surface area contributed by atoms with E-state index in [0.29, 0.717) is 5.69 Å². The summed E-state index contributed by atoms with van der Waals surface area (Å²) >= 11 is 0. The van der Waals surface area contributed by atoms with E-state index in [0.717, 1.165) is 48.3 Å². The highest BCUT2D eigenvalue weighted by Crippen LogP contribution is 2.32. The number of pyridine rings is 1. The molecule has 4 rings (SSSR count). The quantitative estimate of drug-likeness (QED) is 0.624. The van der Waals surface area contributed by atoms with Gasteiger partial charge in [0.2, 0.25) is 0 Å². The van der Waals surface area contributed by atoms with Crippen LogP contribution in [0, 0.1) is 6.92 Å². The first kappa shape index (κ1) is 20.2. The summed E-state index contributed by atoms with van der Waals surface area (Å²) in [5.74, 6) is -0.565. The molecule has 1 aromatic heterocycles. The van der Waals surface area contributed by atoms with Crippen molar-refractivity contribution in [2.75, 3.05) is 44.7 Å². The van der Waals surface area contributed by atoms with Crippen molar-refractivity contribution in [2.45, 2.75) is 13.8 Å². The first-order valence-electron chi connectivity index (χ1n) is 10.4. The lowest BCUT2D eigenvalue weighted by atomic mass is 10.0. The van der Waals surface area contributed by atoms with Gasteiger partial charge in [-0.2, -0.15) is 0 Å². The summed E-state index contributed by atoms with van der Waals surface area (Å²) in [5.41, 5.74) is 3.06. The lowest BCUT2D eigenvalue weighted by Crippen LogP contribution is -2.46. The summed E-state index contributed by atoms with van der Waals surface area (Å²) in [5, 5.41) is 0.894. The van der Waals surface area contributed by atoms with Crippen LogP contribution >= 0.6 is 0 Å². The van der Waals surface area contributed by atoms with E-state index in [9.17, 15) is 9.59 Å². The van der Waals surface area contributed by atoms with Crippen molar-refractivity contribution in [3.05, 3.63) is 70.0 Å². The van der Waals surface area contributed by atoms with Gasteiger partial charge < -0.3 is 14.5 Å². The van der Waals surface area contributed by atoms with Crippen molar-refractivity contribution in [2.24, 2.45) is 0 Å². The summed E-state index contributed by atoms with van der Waals surface area (Å²) in [7, 11) is 2.08. The molecule has 0 saturated carbocycles. The van der Waals surface area contributed by atoms with E-state index >= 15 is 0 Å². The Morgan fingerprint density at radius 2 is 1.73 bits per heavy atom. The Labute approximate surface area is 176 Å². The number of likely N-dealkylation sites (N-methyl/N-ethyl adjacent to an activating group) is 1. The minimum atomic E-state index is -0.565. The van der Waals surface area contributed by atoms with Gasteiger partial charge in [-0.3, -0.25) is 9.36 Å². The van der Waals surface area contributed by atoms with Crippen molar-refractivity contribution in [1.29, 1.82) is 0 Å². The van der Waals surface area contributed by atoms with Crippen molar-refractivity contribution in [3.8, 4) is 5.69 Å². The number of fused-ring (bicyclic) bond motifs is 1. The standard InChI is InChI=1S/C24H27N3O3/c1-4-30-24(29)21-22(26-14-12-25(3)13-15-26)19-16-17(2)10-11-20(19)27(23(21)28)18-8-6-5-7-9-18/h5-11,16H,4,12-15H2,1-3H3. The van der Waals surface area contributed by atoms with E-state index in [-0.39, 0.29) is 17.7 Å². The number of nitrogens with zero attached hydrogens (tertiary/aromatic N) is 3. The molecule has 30 heavy (non-hydrogen) atoms. The molecule has 1 saturated heterocycles. The van der Waals surface area contributed by atoms with Gasteiger partial charge >= 0.3 is 5.97 Å². The third-order valence-corrected chi connectivity index (χ3v) is 5.62. The molecular weight excluding hydrogens is 378 g/mol. The molecular formula is C24H27N3O3. The molecule has 0 unspecified atom stereocenters. The number of piperazine rings is 1.